The summed E-state index contributed by atoms with van der Waals surface area (Å²) in [7, 11) is 0. The Balaban J connectivity index is 2.21. The average Bonchev–Trinajstić information content (AvgIpc) is 2.43. The van der Waals surface area contributed by atoms with Gasteiger partial charge in [-0.2, -0.15) is 0 Å². The van der Waals surface area contributed by atoms with Crippen molar-refractivity contribution in [2.24, 2.45) is 23.2 Å². The highest BCUT2D eigenvalue weighted by Gasteiger charge is 2.52. The van der Waals surface area contributed by atoms with Crippen LogP contribution >= 0.6 is 0 Å². The van der Waals surface area contributed by atoms with Crippen LogP contribution in [-0.2, 0) is 9.53 Å². The molecule has 0 N–H and O–H groups in total. The Kier molecular flexibility index (Phi) is 4.51. The number of hydrogen-bond acceptors (Lipinski definition) is 2. The second-order valence-corrected chi connectivity index (χ2v) is 7.80. The van der Waals surface area contributed by atoms with Crippen LogP contribution in [0, 0.1) is 23.2 Å². The van der Waals surface area contributed by atoms with E-state index in [1.807, 2.05) is 13.8 Å². The fourth-order valence-electron chi connectivity index (χ4n) is 4.40. The number of hydrogen-bond donors (Lipinski definition) is 0. The van der Waals surface area contributed by atoms with Gasteiger partial charge in [0.2, 0.25) is 0 Å². The summed E-state index contributed by atoms with van der Waals surface area (Å²) in [5.74, 6) is 1.98. The lowest BCUT2D eigenvalue weighted by Gasteiger charge is -2.53. The van der Waals surface area contributed by atoms with E-state index in [1.54, 1.807) is 0 Å². The van der Waals surface area contributed by atoms with E-state index in [4.69, 9.17) is 4.74 Å². The number of ether oxygens (including phenoxy) is 1. The Morgan fingerprint density at radius 2 is 1.95 bits per heavy atom. The molecule has 20 heavy (non-hydrogen) atoms. The first kappa shape index (κ1) is 15.9. The summed E-state index contributed by atoms with van der Waals surface area (Å²) in [5.41, 5.74) is -0.548. The van der Waals surface area contributed by atoms with E-state index < -0.39 is 0 Å². The molecule has 0 heterocycles. The molecule has 2 aliphatic carbocycles. The number of rotatable bonds is 4. The summed E-state index contributed by atoms with van der Waals surface area (Å²) in [6.45, 7) is 10.6. The van der Waals surface area contributed by atoms with Crippen LogP contribution in [-0.4, -0.2) is 11.6 Å². The minimum absolute atomic E-state index is 0.0118. The fraction of sp³-hybridized carbons (Fsp3) is 0.944. The van der Waals surface area contributed by atoms with Gasteiger partial charge in [-0.1, -0.05) is 33.6 Å². The Labute approximate surface area is 124 Å². The van der Waals surface area contributed by atoms with E-state index in [0.29, 0.717) is 11.8 Å². The lowest BCUT2D eigenvalue weighted by molar-refractivity contribution is -0.198. The lowest BCUT2D eigenvalue weighted by atomic mass is 9.59. The molecule has 2 nitrogen and oxygen atoms in total. The number of carbonyl (C=O) groups excluding carboxylic acids is 1. The fourth-order valence-corrected chi connectivity index (χ4v) is 4.40. The number of fused-ring (bicyclic) bond motifs is 2. The van der Waals surface area contributed by atoms with Gasteiger partial charge in [-0.05, 0) is 63.7 Å². The Morgan fingerprint density at radius 1 is 1.25 bits per heavy atom. The molecular formula is C18H32O2. The molecule has 4 atom stereocenters. The molecule has 0 aliphatic heterocycles. The van der Waals surface area contributed by atoms with Gasteiger partial charge >= 0.3 is 5.97 Å². The highest BCUT2D eigenvalue weighted by Crippen LogP contribution is 2.52. The molecule has 116 valence electrons. The molecule has 0 aromatic carbocycles. The van der Waals surface area contributed by atoms with Crippen molar-refractivity contribution in [3.8, 4) is 0 Å². The van der Waals surface area contributed by atoms with Crippen molar-refractivity contribution in [1.29, 1.82) is 0 Å². The molecule has 3 unspecified atom stereocenters. The molecule has 0 saturated heterocycles. The van der Waals surface area contributed by atoms with Gasteiger partial charge in [0.15, 0.2) is 0 Å². The highest BCUT2D eigenvalue weighted by molar-refractivity contribution is 5.76. The van der Waals surface area contributed by atoms with Crippen LogP contribution in [0.2, 0.25) is 0 Å². The molecule has 0 amide bonds. The lowest BCUT2D eigenvalue weighted by Crippen LogP contribution is -2.54. The van der Waals surface area contributed by atoms with E-state index in [0.717, 1.165) is 18.8 Å². The van der Waals surface area contributed by atoms with Gasteiger partial charge in [-0.3, -0.25) is 4.79 Å². The summed E-state index contributed by atoms with van der Waals surface area (Å²) < 4.78 is 6.24. The molecule has 0 radical (unpaired) electrons. The van der Waals surface area contributed by atoms with Gasteiger partial charge in [-0.15, -0.1) is 0 Å². The maximum Gasteiger partial charge on any atom is 0.312 e. The first-order chi connectivity index (χ1) is 9.35. The predicted molar refractivity (Wildman–Crippen MR) is 82.4 cm³/mol. The van der Waals surface area contributed by atoms with Crippen LogP contribution in [0.5, 0.6) is 0 Å². The molecule has 2 heteroatoms. The summed E-state index contributed by atoms with van der Waals surface area (Å²) in [4.78, 5) is 12.6. The number of esters is 1. The second kappa shape index (κ2) is 5.69. The molecule has 0 spiro atoms. The summed E-state index contributed by atoms with van der Waals surface area (Å²) >= 11 is 0. The van der Waals surface area contributed by atoms with E-state index >= 15 is 0 Å². The van der Waals surface area contributed by atoms with Crippen LogP contribution in [0.4, 0.5) is 0 Å². The zero-order chi connectivity index (χ0) is 15.0. The maximum absolute atomic E-state index is 12.6. The van der Waals surface area contributed by atoms with E-state index in [2.05, 4.69) is 20.8 Å². The van der Waals surface area contributed by atoms with Crippen LogP contribution in [0.3, 0.4) is 0 Å². The molecule has 2 rings (SSSR count). The molecule has 2 fully saturated rings. The van der Waals surface area contributed by atoms with Gasteiger partial charge in [-0.25, -0.2) is 0 Å². The van der Waals surface area contributed by atoms with Crippen molar-refractivity contribution in [2.45, 2.75) is 85.2 Å². The van der Waals surface area contributed by atoms with Crippen molar-refractivity contribution in [3.05, 3.63) is 0 Å². The average molecular weight is 280 g/mol. The third-order valence-electron chi connectivity index (χ3n) is 6.27. The molecule has 0 aromatic rings. The van der Waals surface area contributed by atoms with Gasteiger partial charge in [0.1, 0.15) is 5.60 Å². The number of carbonyl (C=O) groups is 1. The quantitative estimate of drug-likeness (QED) is 0.680. The van der Waals surface area contributed by atoms with Crippen LogP contribution in [0.15, 0.2) is 0 Å². The second-order valence-electron chi connectivity index (χ2n) is 7.80. The predicted octanol–water partition coefficient (Wildman–Crippen LogP) is 4.96. The smallest absolute Gasteiger partial charge is 0.312 e. The van der Waals surface area contributed by atoms with Crippen molar-refractivity contribution in [3.63, 3.8) is 0 Å². The van der Waals surface area contributed by atoms with Crippen LogP contribution in [0.25, 0.3) is 0 Å². The maximum atomic E-state index is 12.6. The SMILES string of the molecule is CCC(C)(C)C(=O)OC1(CC)C2CCCC(C2)C[C@H]1C. The summed E-state index contributed by atoms with van der Waals surface area (Å²) in [6.07, 6.45) is 8.27. The van der Waals surface area contributed by atoms with Crippen molar-refractivity contribution >= 4 is 5.97 Å². The largest absolute Gasteiger partial charge is 0.458 e. The van der Waals surface area contributed by atoms with Gasteiger partial charge in [0, 0.05) is 0 Å². The Bertz CT molecular complexity index is 358. The molecule has 2 aliphatic rings. The molecule has 2 bridgehead atoms. The summed E-state index contributed by atoms with van der Waals surface area (Å²) in [6, 6.07) is 0. The van der Waals surface area contributed by atoms with E-state index in [-0.39, 0.29) is 17.0 Å². The van der Waals surface area contributed by atoms with Gasteiger partial charge in [0.25, 0.3) is 0 Å². The first-order valence-electron chi connectivity index (χ1n) is 8.59. The van der Waals surface area contributed by atoms with Crippen molar-refractivity contribution < 1.29 is 9.53 Å². The zero-order valence-corrected chi connectivity index (χ0v) is 14.0. The van der Waals surface area contributed by atoms with Crippen molar-refractivity contribution in [1.82, 2.24) is 0 Å². The normalized spacial score (nSPS) is 37.5. The van der Waals surface area contributed by atoms with Gasteiger partial charge < -0.3 is 4.74 Å². The van der Waals surface area contributed by atoms with Crippen molar-refractivity contribution in [2.75, 3.05) is 0 Å². The Morgan fingerprint density at radius 3 is 2.55 bits per heavy atom. The van der Waals surface area contributed by atoms with Crippen LogP contribution in [0.1, 0.15) is 79.6 Å². The third-order valence-corrected chi connectivity index (χ3v) is 6.27. The first-order valence-corrected chi connectivity index (χ1v) is 8.59. The monoisotopic (exact) mass is 280 g/mol. The van der Waals surface area contributed by atoms with Gasteiger partial charge in [0.05, 0.1) is 5.41 Å². The summed E-state index contributed by atoms with van der Waals surface area (Å²) in [5, 5.41) is 0. The minimum atomic E-state index is -0.354. The van der Waals surface area contributed by atoms with Crippen LogP contribution < -0.4 is 0 Å². The molecule has 2 saturated carbocycles. The zero-order valence-electron chi connectivity index (χ0n) is 14.0. The van der Waals surface area contributed by atoms with E-state index in [1.165, 1.54) is 32.1 Å². The minimum Gasteiger partial charge on any atom is -0.458 e. The molecular weight excluding hydrogens is 248 g/mol. The molecule has 0 aromatic heterocycles. The Hall–Kier alpha value is -0.530. The standard InChI is InChI=1S/C18H32O2/c1-6-17(4,5)16(19)20-18(7-2)13(3)11-14-9-8-10-15(18)12-14/h13-15H,6-12H2,1-5H3/t13-,14?,15?,18?/m1/s1. The van der Waals surface area contributed by atoms with E-state index in [9.17, 15) is 4.79 Å². The topological polar surface area (TPSA) is 26.3 Å². The third kappa shape index (κ3) is 2.63. The highest BCUT2D eigenvalue weighted by atomic mass is 16.6.